The Hall–Kier alpha value is -2.28. The SMILES string of the molecule is Cc1ncsc1-c1nnc2ccc(C(=O)O)cn12. The van der Waals surface area contributed by atoms with Gasteiger partial charge < -0.3 is 5.11 Å². The fourth-order valence-corrected chi connectivity index (χ4v) is 2.47. The van der Waals surface area contributed by atoms with Crippen molar-refractivity contribution in [1.82, 2.24) is 19.6 Å². The molecule has 0 radical (unpaired) electrons. The van der Waals surface area contributed by atoms with Crippen LogP contribution in [0.15, 0.2) is 23.8 Å². The van der Waals surface area contributed by atoms with Crippen molar-refractivity contribution < 1.29 is 9.90 Å². The first-order valence-corrected chi connectivity index (χ1v) is 6.03. The number of nitrogens with zero attached hydrogens (tertiary/aromatic N) is 4. The van der Waals surface area contributed by atoms with E-state index in [1.165, 1.54) is 23.6 Å². The van der Waals surface area contributed by atoms with Gasteiger partial charge in [-0.15, -0.1) is 21.5 Å². The van der Waals surface area contributed by atoms with E-state index in [2.05, 4.69) is 15.2 Å². The van der Waals surface area contributed by atoms with E-state index in [-0.39, 0.29) is 5.56 Å². The van der Waals surface area contributed by atoms with E-state index in [1.54, 1.807) is 16.0 Å². The van der Waals surface area contributed by atoms with Gasteiger partial charge in [0.05, 0.1) is 21.6 Å². The normalized spacial score (nSPS) is 10.9. The van der Waals surface area contributed by atoms with Gasteiger partial charge in [-0.3, -0.25) is 4.40 Å². The van der Waals surface area contributed by atoms with Crippen LogP contribution in [-0.2, 0) is 0 Å². The summed E-state index contributed by atoms with van der Waals surface area (Å²) in [5.74, 6) is -0.356. The molecule has 0 aliphatic carbocycles. The summed E-state index contributed by atoms with van der Waals surface area (Å²) in [7, 11) is 0. The number of thiazole rings is 1. The minimum absolute atomic E-state index is 0.200. The van der Waals surface area contributed by atoms with Crippen molar-refractivity contribution in [2.45, 2.75) is 6.92 Å². The molecule has 3 rings (SSSR count). The van der Waals surface area contributed by atoms with E-state index in [0.717, 1.165) is 10.6 Å². The molecule has 18 heavy (non-hydrogen) atoms. The lowest BCUT2D eigenvalue weighted by molar-refractivity contribution is 0.0696. The fourth-order valence-electron chi connectivity index (χ4n) is 1.69. The number of hydrogen-bond acceptors (Lipinski definition) is 5. The van der Waals surface area contributed by atoms with Crippen LogP contribution >= 0.6 is 11.3 Å². The minimum atomic E-state index is -0.974. The molecular formula is C11H8N4O2S. The molecule has 0 bridgehead atoms. The molecule has 0 aliphatic heterocycles. The number of hydrogen-bond donors (Lipinski definition) is 1. The van der Waals surface area contributed by atoms with Gasteiger partial charge in [0.1, 0.15) is 0 Å². The van der Waals surface area contributed by atoms with E-state index in [0.29, 0.717) is 11.5 Å². The molecule has 0 amide bonds. The van der Waals surface area contributed by atoms with Crippen molar-refractivity contribution in [3.8, 4) is 10.7 Å². The molecule has 0 saturated carbocycles. The van der Waals surface area contributed by atoms with Gasteiger partial charge in [-0.2, -0.15) is 0 Å². The molecule has 0 unspecified atom stereocenters. The zero-order valence-corrected chi connectivity index (χ0v) is 10.2. The van der Waals surface area contributed by atoms with E-state index in [9.17, 15) is 4.79 Å². The molecule has 3 aromatic heterocycles. The first-order chi connectivity index (χ1) is 8.66. The van der Waals surface area contributed by atoms with E-state index in [4.69, 9.17) is 5.11 Å². The van der Waals surface area contributed by atoms with Crippen LogP contribution in [0.2, 0.25) is 0 Å². The molecule has 90 valence electrons. The summed E-state index contributed by atoms with van der Waals surface area (Å²) >= 11 is 1.45. The number of pyridine rings is 1. The van der Waals surface area contributed by atoms with Crippen molar-refractivity contribution in [1.29, 1.82) is 0 Å². The molecule has 6 nitrogen and oxygen atoms in total. The number of aromatic nitrogens is 4. The lowest BCUT2D eigenvalue weighted by Gasteiger charge is -1.99. The van der Waals surface area contributed by atoms with E-state index in [1.807, 2.05) is 6.92 Å². The lowest BCUT2D eigenvalue weighted by Crippen LogP contribution is -1.99. The van der Waals surface area contributed by atoms with Gasteiger partial charge in [-0.25, -0.2) is 9.78 Å². The molecule has 1 N–H and O–H groups in total. The lowest BCUT2D eigenvalue weighted by atomic mass is 10.3. The maximum atomic E-state index is 11.0. The minimum Gasteiger partial charge on any atom is -0.478 e. The Kier molecular flexibility index (Phi) is 2.34. The molecule has 3 heterocycles. The Labute approximate surface area is 106 Å². The average Bonchev–Trinajstić information content (AvgIpc) is 2.93. The Morgan fingerprint density at radius 2 is 2.22 bits per heavy atom. The fraction of sp³-hybridized carbons (Fsp3) is 0.0909. The molecule has 0 fully saturated rings. The van der Waals surface area contributed by atoms with Gasteiger partial charge in [0, 0.05) is 6.20 Å². The Morgan fingerprint density at radius 3 is 2.89 bits per heavy atom. The summed E-state index contributed by atoms with van der Waals surface area (Å²) in [6.45, 7) is 1.88. The largest absolute Gasteiger partial charge is 0.478 e. The predicted octanol–water partition coefficient (Wildman–Crippen LogP) is 1.86. The van der Waals surface area contributed by atoms with Crippen LogP contribution in [0.3, 0.4) is 0 Å². The van der Waals surface area contributed by atoms with Crippen molar-refractivity contribution in [2.75, 3.05) is 0 Å². The molecule has 0 aromatic carbocycles. The second-order valence-corrected chi connectivity index (χ2v) is 4.60. The Balaban J connectivity index is 2.27. The van der Waals surface area contributed by atoms with Crippen molar-refractivity contribution in [3.63, 3.8) is 0 Å². The number of carboxylic acids is 1. The summed E-state index contributed by atoms with van der Waals surface area (Å²) in [6, 6.07) is 3.14. The van der Waals surface area contributed by atoms with Crippen molar-refractivity contribution >= 4 is 23.0 Å². The van der Waals surface area contributed by atoms with Crippen molar-refractivity contribution in [2.24, 2.45) is 0 Å². The predicted molar refractivity (Wildman–Crippen MR) is 65.8 cm³/mol. The highest BCUT2D eigenvalue weighted by molar-refractivity contribution is 7.13. The summed E-state index contributed by atoms with van der Waals surface area (Å²) in [5, 5.41) is 17.1. The van der Waals surface area contributed by atoms with Gasteiger partial charge in [-0.1, -0.05) is 0 Å². The third-order valence-electron chi connectivity index (χ3n) is 2.60. The zero-order valence-electron chi connectivity index (χ0n) is 9.36. The van der Waals surface area contributed by atoms with Crippen LogP contribution in [0.25, 0.3) is 16.3 Å². The molecule has 3 aromatic rings. The van der Waals surface area contributed by atoms with Crippen LogP contribution in [0, 0.1) is 6.92 Å². The van der Waals surface area contributed by atoms with Gasteiger partial charge in [0.15, 0.2) is 11.5 Å². The quantitative estimate of drug-likeness (QED) is 0.760. The molecule has 0 spiro atoms. The van der Waals surface area contributed by atoms with Crippen LogP contribution in [0.5, 0.6) is 0 Å². The smallest absolute Gasteiger partial charge is 0.337 e. The van der Waals surface area contributed by atoms with Crippen molar-refractivity contribution in [3.05, 3.63) is 35.1 Å². The topological polar surface area (TPSA) is 80.4 Å². The number of fused-ring (bicyclic) bond motifs is 1. The first-order valence-electron chi connectivity index (χ1n) is 5.15. The Morgan fingerprint density at radius 1 is 1.39 bits per heavy atom. The highest BCUT2D eigenvalue weighted by atomic mass is 32.1. The number of rotatable bonds is 2. The van der Waals surface area contributed by atoms with Crippen LogP contribution in [0.1, 0.15) is 16.1 Å². The molecular weight excluding hydrogens is 252 g/mol. The van der Waals surface area contributed by atoms with Crippen LogP contribution in [0.4, 0.5) is 0 Å². The first kappa shape index (κ1) is 10.8. The second-order valence-electron chi connectivity index (χ2n) is 3.74. The molecule has 0 aliphatic rings. The summed E-state index contributed by atoms with van der Waals surface area (Å²) in [6.07, 6.45) is 1.52. The van der Waals surface area contributed by atoms with Gasteiger partial charge in [0.2, 0.25) is 0 Å². The van der Waals surface area contributed by atoms with Crippen LogP contribution < -0.4 is 0 Å². The third-order valence-corrected chi connectivity index (χ3v) is 3.52. The van der Waals surface area contributed by atoms with E-state index < -0.39 is 5.97 Å². The highest BCUT2D eigenvalue weighted by Crippen LogP contribution is 2.25. The number of aryl methyl sites for hydroxylation is 1. The second kappa shape index (κ2) is 3.88. The summed E-state index contributed by atoms with van der Waals surface area (Å²) < 4.78 is 1.67. The molecule has 0 saturated heterocycles. The van der Waals surface area contributed by atoms with E-state index >= 15 is 0 Å². The monoisotopic (exact) mass is 260 g/mol. The van der Waals surface area contributed by atoms with Crippen LogP contribution in [-0.4, -0.2) is 30.7 Å². The summed E-state index contributed by atoms with van der Waals surface area (Å²) in [5.41, 5.74) is 3.40. The third kappa shape index (κ3) is 1.56. The van der Waals surface area contributed by atoms with Gasteiger partial charge in [-0.05, 0) is 19.1 Å². The molecule has 7 heteroatoms. The standard InChI is InChI=1S/C11H8N4O2S/c1-6-9(18-5-12-6)10-14-13-8-3-2-7(11(16)17)4-15(8)10/h2-5H,1H3,(H,16,17). The zero-order chi connectivity index (χ0) is 12.7. The summed E-state index contributed by atoms with van der Waals surface area (Å²) in [4.78, 5) is 16.0. The number of carbonyl (C=O) groups is 1. The highest BCUT2D eigenvalue weighted by Gasteiger charge is 2.14. The number of carboxylic acid groups (broad SMARTS) is 1. The maximum Gasteiger partial charge on any atom is 0.337 e. The van der Waals surface area contributed by atoms with Gasteiger partial charge in [0.25, 0.3) is 0 Å². The average molecular weight is 260 g/mol. The number of aromatic carboxylic acids is 1. The Bertz CT molecular complexity index is 746. The van der Waals surface area contributed by atoms with Gasteiger partial charge >= 0.3 is 5.97 Å². The maximum absolute atomic E-state index is 11.0. The molecule has 0 atom stereocenters.